The highest BCUT2D eigenvalue weighted by Crippen LogP contribution is 2.31. The Bertz CT molecular complexity index is 1070. The molecule has 0 N–H and O–H groups in total. The molecule has 0 aliphatic carbocycles. The Morgan fingerprint density at radius 3 is 2.59 bits per heavy atom. The largest absolute Gasteiger partial charge is 0.494 e. The first-order valence-electron chi connectivity index (χ1n) is 9.48. The van der Waals surface area contributed by atoms with Crippen molar-refractivity contribution in [2.24, 2.45) is 0 Å². The summed E-state index contributed by atoms with van der Waals surface area (Å²) < 4.78 is 11.8. The van der Waals surface area contributed by atoms with Crippen LogP contribution in [-0.4, -0.2) is 35.0 Å². The van der Waals surface area contributed by atoms with Crippen molar-refractivity contribution in [3.8, 4) is 11.4 Å². The van der Waals surface area contributed by atoms with Crippen LogP contribution < -0.4 is 10.3 Å². The maximum atomic E-state index is 13.5. The molecule has 3 aromatic rings. The highest BCUT2D eigenvalue weighted by molar-refractivity contribution is 7.99. The first-order valence-corrected chi connectivity index (χ1v) is 11.3. The maximum Gasteiger partial charge on any atom is 0.316 e. The van der Waals surface area contributed by atoms with E-state index in [2.05, 4.69) is 6.92 Å². The van der Waals surface area contributed by atoms with Crippen LogP contribution in [0.1, 0.15) is 30.7 Å². The van der Waals surface area contributed by atoms with E-state index >= 15 is 0 Å². The van der Waals surface area contributed by atoms with Crippen molar-refractivity contribution in [3.63, 3.8) is 0 Å². The van der Waals surface area contributed by atoms with Crippen LogP contribution in [0.3, 0.4) is 0 Å². The molecule has 2 heterocycles. The van der Waals surface area contributed by atoms with Crippen molar-refractivity contribution in [1.29, 1.82) is 0 Å². The molecule has 0 fully saturated rings. The van der Waals surface area contributed by atoms with E-state index in [0.29, 0.717) is 27.7 Å². The zero-order chi connectivity index (χ0) is 21.0. The summed E-state index contributed by atoms with van der Waals surface area (Å²) in [6.07, 6.45) is 1.92. The summed E-state index contributed by atoms with van der Waals surface area (Å²) in [6, 6.07) is 7.31. The molecule has 0 bridgehead atoms. The minimum atomic E-state index is -0.364. The Morgan fingerprint density at radius 1 is 1.24 bits per heavy atom. The topological polar surface area (TPSA) is 70.4 Å². The molecule has 0 unspecified atom stereocenters. The maximum absolute atomic E-state index is 13.5. The number of benzene rings is 1. The molecule has 6 nitrogen and oxygen atoms in total. The quantitative estimate of drug-likeness (QED) is 0.299. The predicted molar refractivity (Wildman–Crippen MR) is 118 cm³/mol. The number of esters is 1. The van der Waals surface area contributed by atoms with Gasteiger partial charge in [-0.1, -0.05) is 25.1 Å². The summed E-state index contributed by atoms with van der Waals surface area (Å²) in [4.78, 5) is 31.8. The predicted octanol–water partition coefficient (Wildman–Crippen LogP) is 4.37. The van der Waals surface area contributed by atoms with Gasteiger partial charge in [0.05, 0.1) is 30.5 Å². The average molecular weight is 433 g/mol. The Kier molecular flexibility index (Phi) is 6.97. The molecular weight excluding hydrogens is 408 g/mol. The number of hydrogen-bond acceptors (Lipinski definition) is 7. The number of aromatic nitrogens is 2. The van der Waals surface area contributed by atoms with Gasteiger partial charge in [-0.2, -0.15) is 0 Å². The zero-order valence-electron chi connectivity index (χ0n) is 17.0. The first-order chi connectivity index (χ1) is 14.0. The lowest BCUT2D eigenvalue weighted by atomic mass is 10.1. The molecule has 0 amide bonds. The van der Waals surface area contributed by atoms with Crippen molar-refractivity contribution < 1.29 is 14.3 Å². The van der Waals surface area contributed by atoms with E-state index in [1.165, 1.54) is 23.7 Å². The summed E-state index contributed by atoms with van der Waals surface area (Å²) in [6.45, 7) is 6.59. The van der Waals surface area contributed by atoms with Crippen molar-refractivity contribution >= 4 is 39.3 Å². The molecule has 2 aromatic heterocycles. The van der Waals surface area contributed by atoms with E-state index in [0.717, 1.165) is 24.2 Å². The van der Waals surface area contributed by atoms with E-state index in [9.17, 15) is 9.59 Å². The number of nitrogens with zero attached hydrogens (tertiary/aromatic N) is 2. The molecular formula is C21H24N2O4S2. The SMILES string of the molecule is CCCc1sc2nc(SCC(=O)OC)n(-c3ccc(OCC)cc3)c(=O)c2c1C. The molecule has 0 saturated heterocycles. The normalized spacial score (nSPS) is 11.0. The molecule has 0 aliphatic rings. The number of methoxy groups -OCH3 is 1. The Balaban J connectivity index is 2.17. The number of thiophene rings is 1. The van der Waals surface area contributed by atoms with Gasteiger partial charge in [-0.3, -0.25) is 14.2 Å². The van der Waals surface area contributed by atoms with Crippen LogP contribution in [0.15, 0.2) is 34.2 Å². The number of aryl methyl sites for hydroxylation is 2. The van der Waals surface area contributed by atoms with Gasteiger partial charge in [0.2, 0.25) is 0 Å². The molecule has 1 aromatic carbocycles. The number of fused-ring (bicyclic) bond motifs is 1. The van der Waals surface area contributed by atoms with Gasteiger partial charge in [-0.05, 0) is 50.1 Å². The third-order valence-electron chi connectivity index (χ3n) is 4.46. The number of carbonyl (C=O) groups excluding carboxylic acids is 1. The Labute approximate surface area is 177 Å². The fourth-order valence-corrected chi connectivity index (χ4v) is 5.21. The van der Waals surface area contributed by atoms with Gasteiger partial charge in [0.1, 0.15) is 10.6 Å². The number of ether oxygens (including phenoxy) is 2. The van der Waals surface area contributed by atoms with Crippen molar-refractivity contribution in [1.82, 2.24) is 9.55 Å². The summed E-state index contributed by atoms with van der Waals surface area (Å²) in [7, 11) is 1.35. The standard InChI is InChI=1S/C21H24N2O4S2/c1-5-7-16-13(3)18-19(29-16)22-21(28-12-17(24)26-4)23(20(18)25)14-8-10-15(11-9-14)27-6-2/h8-11H,5-7,12H2,1-4H3. The molecule has 0 aliphatic heterocycles. The summed E-state index contributed by atoms with van der Waals surface area (Å²) in [5, 5.41) is 1.12. The van der Waals surface area contributed by atoms with Crippen LogP contribution >= 0.6 is 23.1 Å². The van der Waals surface area contributed by atoms with E-state index in [-0.39, 0.29) is 17.3 Å². The lowest BCUT2D eigenvalue weighted by Gasteiger charge is -2.12. The van der Waals surface area contributed by atoms with E-state index in [1.807, 2.05) is 38.1 Å². The highest BCUT2D eigenvalue weighted by Gasteiger charge is 2.20. The zero-order valence-corrected chi connectivity index (χ0v) is 18.6. The number of thioether (sulfide) groups is 1. The van der Waals surface area contributed by atoms with Gasteiger partial charge in [-0.25, -0.2) is 4.98 Å². The van der Waals surface area contributed by atoms with Gasteiger partial charge < -0.3 is 9.47 Å². The summed E-state index contributed by atoms with van der Waals surface area (Å²) >= 11 is 2.76. The molecule has 0 radical (unpaired) electrons. The van der Waals surface area contributed by atoms with Crippen LogP contribution in [0.4, 0.5) is 0 Å². The minimum absolute atomic E-state index is 0.0810. The first kappa shape index (κ1) is 21.4. The highest BCUT2D eigenvalue weighted by atomic mass is 32.2. The van der Waals surface area contributed by atoms with Gasteiger partial charge in [0, 0.05) is 4.88 Å². The monoisotopic (exact) mass is 432 g/mol. The third-order valence-corrected chi connectivity index (χ3v) is 6.62. The molecule has 29 heavy (non-hydrogen) atoms. The fraction of sp³-hybridized carbons (Fsp3) is 0.381. The van der Waals surface area contributed by atoms with Gasteiger partial charge in [0.15, 0.2) is 5.16 Å². The van der Waals surface area contributed by atoms with E-state index in [4.69, 9.17) is 14.5 Å². The second kappa shape index (κ2) is 9.45. The van der Waals surface area contributed by atoms with Crippen LogP contribution in [0.25, 0.3) is 15.9 Å². The van der Waals surface area contributed by atoms with Crippen molar-refractivity contribution in [3.05, 3.63) is 45.1 Å². The van der Waals surface area contributed by atoms with Crippen LogP contribution in [0.2, 0.25) is 0 Å². The van der Waals surface area contributed by atoms with E-state index in [1.54, 1.807) is 15.9 Å². The summed E-state index contributed by atoms with van der Waals surface area (Å²) in [5.41, 5.74) is 1.55. The lowest BCUT2D eigenvalue weighted by Crippen LogP contribution is -2.22. The third kappa shape index (κ3) is 4.48. The molecule has 0 atom stereocenters. The van der Waals surface area contributed by atoms with Crippen molar-refractivity contribution in [2.45, 2.75) is 38.8 Å². The molecule has 8 heteroatoms. The number of carbonyl (C=O) groups is 1. The van der Waals surface area contributed by atoms with Crippen LogP contribution in [0.5, 0.6) is 5.75 Å². The Morgan fingerprint density at radius 2 is 1.97 bits per heavy atom. The van der Waals surface area contributed by atoms with Gasteiger partial charge in [0.25, 0.3) is 5.56 Å². The second-order valence-corrected chi connectivity index (χ2v) is 8.43. The Hall–Kier alpha value is -2.32. The molecule has 3 rings (SSSR count). The minimum Gasteiger partial charge on any atom is -0.494 e. The molecule has 0 spiro atoms. The van der Waals surface area contributed by atoms with Crippen LogP contribution in [-0.2, 0) is 16.0 Å². The fourth-order valence-electron chi connectivity index (χ4n) is 3.04. The number of rotatable bonds is 8. The average Bonchev–Trinajstić information content (AvgIpc) is 3.03. The van der Waals surface area contributed by atoms with Gasteiger partial charge >= 0.3 is 5.97 Å². The smallest absolute Gasteiger partial charge is 0.316 e. The number of hydrogen-bond donors (Lipinski definition) is 0. The van der Waals surface area contributed by atoms with E-state index < -0.39 is 0 Å². The summed E-state index contributed by atoms with van der Waals surface area (Å²) in [5.74, 6) is 0.452. The van der Waals surface area contributed by atoms with Gasteiger partial charge in [-0.15, -0.1) is 11.3 Å². The molecule has 154 valence electrons. The van der Waals surface area contributed by atoms with Crippen molar-refractivity contribution in [2.75, 3.05) is 19.5 Å². The second-order valence-electron chi connectivity index (χ2n) is 6.41. The lowest BCUT2D eigenvalue weighted by molar-refractivity contribution is -0.137. The van der Waals surface area contributed by atoms with Crippen LogP contribution in [0, 0.1) is 6.92 Å². The molecule has 0 saturated carbocycles.